The standard InChI is InChI=1S/C14H16FNO3/c1-2-14(13(18)19,16(9-17)12-7-8-12)10-3-5-11(15)6-4-10/h3-6,9,12H,2,7-8H2,1H3,(H,18,19). The predicted octanol–water partition coefficient (Wildman–Crippen LogP) is 2.14. The number of rotatable bonds is 6. The van der Waals surface area contributed by atoms with Gasteiger partial charge >= 0.3 is 5.97 Å². The number of carbonyl (C=O) groups excluding carboxylic acids is 1. The second-order valence-corrected chi connectivity index (χ2v) is 4.77. The highest BCUT2D eigenvalue weighted by atomic mass is 19.1. The number of amides is 1. The summed E-state index contributed by atoms with van der Waals surface area (Å²) >= 11 is 0. The summed E-state index contributed by atoms with van der Waals surface area (Å²) in [6.45, 7) is 1.72. The van der Waals surface area contributed by atoms with Crippen LogP contribution in [0.2, 0.25) is 0 Å². The van der Waals surface area contributed by atoms with E-state index < -0.39 is 17.3 Å². The van der Waals surface area contributed by atoms with Crippen molar-refractivity contribution in [3.63, 3.8) is 0 Å². The van der Waals surface area contributed by atoms with Gasteiger partial charge in [-0.25, -0.2) is 9.18 Å². The average molecular weight is 265 g/mol. The van der Waals surface area contributed by atoms with Crippen molar-refractivity contribution in [1.82, 2.24) is 4.90 Å². The van der Waals surface area contributed by atoms with Gasteiger partial charge in [-0.1, -0.05) is 19.1 Å². The van der Waals surface area contributed by atoms with Crippen LogP contribution in [0.5, 0.6) is 0 Å². The highest BCUT2D eigenvalue weighted by molar-refractivity contribution is 5.83. The Bertz CT molecular complexity index is 484. The number of hydrogen-bond acceptors (Lipinski definition) is 2. The fraction of sp³-hybridized carbons (Fsp3) is 0.429. The van der Waals surface area contributed by atoms with Crippen molar-refractivity contribution in [3.8, 4) is 0 Å². The molecule has 1 atom stereocenters. The van der Waals surface area contributed by atoms with Crippen LogP contribution in [0.3, 0.4) is 0 Å². The maximum absolute atomic E-state index is 13.0. The van der Waals surface area contributed by atoms with E-state index in [2.05, 4.69) is 0 Å². The highest BCUT2D eigenvalue weighted by Gasteiger charge is 2.49. The van der Waals surface area contributed by atoms with Gasteiger partial charge in [0.15, 0.2) is 5.54 Å². The summed E-state index contributed by atoms with van der Waals surface area (Å²) in [5.74, 6) is -1.51. The summed E-state index contributed by atoms with van der Waals surface area (Å²) in [6, 6.07) is 5.29. The number of halogens is 1. The smallest absolute Gasteiger partial charge is 0.334 e. The minimum Gasteiger partial charge on any atom is -0.479 e. The van der Waals surface area contributed by atoms with Crippen molar-refractivity contribution in [3.05, 3.63) is 35.6 Å². The molecule has 1 aliphatic rings. The van der Waals surface area contributed by atoms with E-state index in [0.29, 0.717) is 12.0 Å². The molecule has 102 valence electrons. The Labute approximate surface area is 110 Å². The molecule has 5 heteroatoms. The summed E-state index contributed by atoms with van der Waals surface area (Å²) < 4.78 is 13.0. The normalized spacial score (nSPS) is 17.6. The molecule has 4 nitrogen and oxygen atoms in total. The van der Waals surface area contributed by atoms with E-state index in [4.69, 9.17) is 0 Å². The molecule has 1 saturated carbocycles. The van der Waals surface area contributed by atoms with Crippen LogP contribution < -0.4 is 0 Å². The number of hydrogen-bond donors (Lipinski definition) is 1. The van der Waals surface area contributed by atoms with Gasteiger partial charge in [-0.3, -0.25) is 4.79 Å². The van der Waals surface area contributed by atoms with Gasteiger partial charge in [-0.05, 0) is 37.0 Å². The Kier molecular flexibility index (Phi) is 3.55. The number of benzene rings is 1. The molecule has 1 aliphatic carbocycles. The van der Waals surface area contributed by atoms with E-state index in [9.17, 15) is 19.1 Å². The summed E-state index contributed by atoms with van der Waals surface area (Å²) in [5.41, 5.74) is -0.973. The summed E-state index contributed by atoms with van der Waals surface area (Å²) in [6.07, 6.45) is 2.46. The third-order valence-corrected chi connectivity index (χ3v) is 3.68. The molecule has 1 unspecified atom stereocenters. The molecule has 0 aliphatic heterocycles. The molecule has 2 rings (SSSR count). The zero-order valence-electron chi connectivity index (χ0n) is 10.7. The largest absolute Gasteiger partial charge is 0.479 e. The molecule has 0 aromatic heterocycles. The van der Waals surface area contributed by atoms with Gasteiger partial charge in [0.25, 0.3) is 0 Å². The molecule has 0 spiro atoms. The van der Waals surface area contributed by atoms with Crippen LogP contribution in [0.25, 0.3) is 0 Å². The van der Waals surface area contributed by atoms with Crippen LogP contribution in [0.1, 0.15) is 31.7 Å². The Morgan fingerprint density at radius 1 is 1.47 bits per heavy atom. The lowest BCUT2D eigenvalue weighted by atomic mass is 9.85. The lowest BCUT2D eigenvalue weighted by Crippen LogP contribution is -2.52. The minimum absolute atomic E-state index is 0.0291. The van der Waals surface area contributed by atoms with E-state index in [1.54, 1.807) is 6.92 Å². The number of nitrogens with zero attached hydrogens (tertiary/aromatic N) is 1. The zero-order valence-corrected chi connectivity index (χ0v) is 10.7. The minimum atomic E-state index is -1.41. The Balaban J connectivity index is 2.52. The van der Waals surface area contributed by atoms with Crippen LogP contribution >= 0.6 is 0 Å². The van der Waals surface area contributed by atoms with Crippen molar-refractivity contribution in [2.75, 3.05) is 0 Å². The summed E-state index contributed by atoms with van der Waals surface area (Å²) in [4.78, 5) is 24.5. The van der Waals surface area contributed by atoms with E-state index in [-0.39, 0.29) is 12.5 Å². The van der Waals surface area contributed by atoms with Crippen molar-refractivity contribution in [2.45, 2.75) is 37.8 Å². The fourth-order valence-electron chi connectivity index (χ4n) is 2.49. The maximum Gasteiger partial charge on any atom is 0.334 e. The van der Waals surface area contributed by atoms with Crippen molar-refractivity contribution in [2.24, 2.45) is 0 Å². The number of carboxylic acid groups (broad SMARTS) is 1. The van der Waals surface area contributed by atoms with E-state index in [0.717, 1.165) is 12.8 Å². The first-order valence-corrected chi connectivity index (χ1v) is 6.29. The van der Waals surface area contributed by atoms with Crippen LogP contribution in [-0.2, 0) is 15.1 Å². The fourth-order valence-corrected chi connectivity index (χ4v) is 2.49. The second kappa shape index (κ2) is 4.99. The Hall–Kier alpha value is -1.91. The van der Waals surface area contributed by atoms with Crippen LogP contribution in [0.15, 0.2) is 24.3 Å². The molecular weight excluding hydrogens is 249 g/mol. The van der Waals surface area contributed by atoms with Crippen LogP contribution in [-0.4, -0.2) is 28.4 Å². The summed E-state index contributed by atoms with van der Waals surface area (Å²) in [7, 11) is 0. The Morgan fingerprint density at radius 3 is 2.42 bits per heavy atom. The van der Waals surface area contributed by atoms with E-state index in [1.807, 2.05) is 0 Å². The molecule has 0 heterocycles. The monoisotopic (exact) mass is 265 g/mol. The highest BCUT2D eigenvalue weighted by Crippen LogP contribution is 2.40. The molecule has 0 bridgehead atoms. The number of carboxylic acids is 1. The molecule has 0 saturated heterocycles. The van der Waals surface area contributed by atoms with Gasteiger partial charge in [0.05, 0.1) is 0 Å². The Morgan fingerprint density at radius 2 is 2.05 bits per heavy atom. The van der Waals surface area contributed by atoms with Crippen molar-refractivity contribution < 1.29 is 19.1 Å². The van der Waals surface area contributed by atoms with Gasteiger partial charge in [-0.2, -0.15) is 0 Å². The third-order valence-electron chi connectivity index (χ3n) is 3.68. The van der Waals surface area contributed by atoms with Gasteiger partial charge < -0.3 is 10.0 Å². The molecule has 1 aromatic carbocycles. The van der Waals surface area contributed by atoms with E-state index >= 15 is 0 Å². The van der Waals surface area contributed by atoms with Crippen LogP contribution in [0.4, 0.5) is 4.39 Å². The quantitative estimate of drug-likeness (QED) is 0.802. The molecule has 1 aromatic rings. The maximum atomic E-state index is 13.0. The number of carbonyl (C=O) groups is 2. The zero-order chi connectivity index (χ0) is 14.0. The lowest BCUT2D eigenvalue weighted by molar-refractivity contribution is -0.157. The van der Waals surface area contributed by atoms with Crippen molar-refractivity contribution in [1.29, 1.82) is 0 Å². The predicted molar refractivity (Wildman–Crippen MR) is 66.9 cm³/mol. The van der Waals surface area contributed by atoms with Gasteiger partial charge in [-0.15, -0.1) is 0 Å². The molecule has 19 heavy (non-hydrogen) atoms. The molecule has 1 N–H and O–H groups in total. The van der Waals surface area contributed by atoms with E-state index in [1.165, 1.54) is 29.2 Å². The van der Waals surface area contributed by atoms with Gasteiger partial charge in [0.2, 0.25) is 6.41 Å². The number of aliphatic carboxylic acids is 1. The van der Waals surface area contributed by atoms with Crippen molar-refractivity contribution >= 4 is 12.4 Å². The van der Waals surface area contributed by atoms with Gasteiger partial charge in [0, 0.05) is 6.04 Å². The topological polar surface area (TPSA) is 57.6 Å². The first kappa shape index (κ1) is 13.5. The van der Waals surface area contributed by atoms with Gasteiger partial charge in [0.1, 0.15) is 5.82 Å². The molecular formula is C14H16FNO3. The molecule has 1 amide bonds. The second-order valence-electron chi connectivity index (χ2n) is 4.77. The summed E-state index contributed by atoms with van der Waals surface area (Å²) in [5, 5.41) is 9.63. The first-order valence-electron chi connectivity index (χ1n) is 6.29. The molecule has 1 fully saturated rings. The molecule has 0 radical (unpaired) electrons. The first-order chi connectivity index (χ1) is 9.06. The average Bonchev–Trinajstić information content (AvgIpc) is 3.21. The third kappa shape index (κ3) is 2.20. The van der Waals surface area contributed by atoms with Crippen LogP contribution in [0, 0.1) is 5.82 Å². The lowest BCUT2D eigenvalue weighted by Gasteiger charge is -2.38. The SMILES string of the molecule is CCC(C(=O)O)(c1ccc(F)cc1)N(C=O)C1CC1.